The summed E-state index contributed by atoms with van der Waals surface area (Å²) < 4.78 is 11.0. The van der Waals surface area contributed by atoms with Gasteiger partial charge in [0, 0.05) is 0 Å². The van der Waals surface area contributed by atoms with E-state index in [2.05, 4.69) is 0 Å². The highest BCUT2D eigenvalue weighted by atomic mass is 16.5. The second kappa shape index (κ2) is 5.41. The molecule has 0 spiro atoms. The normalized spacial score (nSPS) is 17.4. The fraction of sp³-hybridized carbons (Fsp3) is 0.571. The molecule has 1 aromatic carbocycles. The fourth-order valence-electron chi connectivity index (χ4n) is 1.93. The smallest absolute Gasteiger partial charge is 0.161 e. The molecule has 1 aromatic rings. The quantitative estimate of drug-likeness (QED) is 0.854. The van der Waals surface area contributed by atoms with Gasteiger partial charge < -0.3 is 14.6 Å². The van der Waals surface area contributed by atoms with Crippen molar-refractivity contribution in [2.24, 2.45) is 5.92 Å². The molecule has 0 amide bonds. The van der Waals surface area contributed by atoms with Crippen LogP contribution in [0.25, 0.3) is 0 Å². The van der Waals surface area contributed by atoms with Crippen molar-refractivity contribution in [2.75, 3.05) is 13.7 Å². The van der Waals surface area contributed by atoms with Gasteiger partial charge in [0.2, 0.25) is 0 Å². The molecule has 1 atom stereocenters. The van der Waals surface area contributed by atoms with Crippen LogP contribution in [0, 0.1) is 5.92 Å². The largest absolute Gasteiger partial charge is 0.493 e. The van der Waals surface area contributed by atoms with Crippen LogP contribution in [0.4, 0.5) is 0 Å². The van der Waals surface area contributed by atoms with Crippen molar-refractivity contribution in [1.29, 1.82) is 0 Å². The van der Waals surface area contributed by atoms with E-state index in [0.29, 0.717) is 11.7 Å². The number of ether oxygens (including phenoxy) is 2. The monoisotopic (exact) mass is 236 g/mol. The number of rotatable bonds is 5. The van der Waals surface area contributed by atoms with Crippen LogP contribution in [0.1, 0.15) is 37.9 Å². The van der Waals surface area contributed by atoms with E-state index < -0.39 is 6.10 Å². The van der Waals surface area contributed by atoms with E-state index >= 15 is 0 Å². The summed E-state index contributed by atoms with van der Waals surface area (Å²) in [6.45, 7) is 2.51. The highest BCUT2D eigenvalue weighted by Crippen LogP contribution is 2.32. The Labute approximate surface area is 102 Å². The Morgan fingerprint density at radius 2 is 2.12 bits per heavy atom. The lowest BCUT2D eigenvalue weighted by Gasteiger charge is -2.25. The predicted octanol–water partition coefficient (Wildman–Crippen LogP) is 2.93. The number of aliphatic hydroxyl groups excluding tert-OH is 1. The molecule has 17 heavy (non-hydrogen) atoms. The summed E-state index contributed by atoms with van der Waals surface area (Å²) in [7, 11) is 1.62. The minimum atomic E-state index is -0.482. The molecule has 3 nitrogen and oxygen atoms in total. The van der Waals surface area contributed by atoms with Gasteiger partial charge in [0.05, 0.1) is 19.8 Å². The lowest BCUT2D eigenvalue weighted by molar-refractivity contribution is 0.175. The molecule has 0 heterocycles. The highest BCUT2D eigenvalue weighted by Gasteiger charge is 2.18. The zero-order chi connectivity index (χ0) is 12.3. The molecule has 1 saturated carbocycles. The third kappa shape index (κ3) is 2.91. The summed E-state index contributed by atoms with van der Waals surface area (Å²) in [6.07, 6.45) is 3.39. The van der Waals surface area contributed by atoms with E-state index in [1.54, 1.807) is 14.0 Å². The topological polar surface area (TPSA) is 38.7 Å². The molecular formula is C14H20O3. The summed E-state index contributed by atoms with van der Waals surface area (Å²) in [4.78, 5) is 0. The van der Waals surface area contributed by atoms with Crippen molar-refractivity contribution in [3.8, 4) is 11.5 Å². The number of aliphatic hydroxyl groups is 1. The summed E-state index contributed by atoms with van der Waals surface area (Å²) in [5.41, 5.74) is 0.845. The third-order valence-electron chi connectivity index (χ3n) is 3.37. The van der Waals surface area contributed by atoms with Crippen molar-refractivity contribution in [1.82, 2.24) is 0 Å². The van der Waals surface area contributed by atoms with Gasteiger partial charge in [0.25, 0.3) is 0 Å². The van der Waals surface area contributed by atoms with Crippen LogP contribution in [0.5, 0.6) is 11.5 Å². The van der Waals surface area contributed by atoms with E-state index in [9.17, 15) is 5.11 Å². The zero-order valence-electron chi connectivity index (χ0n) is 10.5. The van der Waals surface area contributed by atoms with Gasteiger partial charge >= 0.3 is 0 Å². The van der Waals surface area contributed by atoms with Gasteiger partial charge in [-0.1, -0.05) is 12.5 Å². The van der Waals surface area contributed by atoms with Crippen LogP contribution in [0.3, 0.4) is 0 Å². The summed E-state index contributed by atoms with van der Waals surface area (Å²) in [5.74, 6) is 2.17. The number of hydrogen-bond donors (Lipinski definition) is 1. The SMILES string of the molecule is COc1cc([C@H](C)O)ccc1OCC1CCC1. The first-order valence-electron chi connectivity index (χ1n) is 6.19. The summed E-state index contributed by atoms with van der Waals surface area (Å²) in [5, 5.41) is 9.50. The Bertz CT molecular complexity index is 370. The maximum atomic E-state index is 9.50. The molecule has 0 unspecified atom stereocenters. The maximum Gasteiger partial charge on any atom is 0.161 e. The van der Waals surface area contributed by atoms with Crippen LogP contribution in [-0.2, 0) is 0 Å². The fourth-order valence-corrected chi connectivity index (χ4v) is 1.93. The van der Waals surface area contributed by atoms with Crippen LogP contribution in [0.15, 0.2) is 18.2 Å². The molecule has 1 aliphatic carbocycles. The standard InChI is InChI=1S/C14H20O3/c1-10(15)12-6-7-13(14(8-12)16-2)17-9-11-4-3-5-11/h6-8,10-11,15H,3-5,9H2,1-2H3/t10-/m0/s1. The van der Waals surface area contributed by atoms with Gasteiger partial charge in [-0.05, 0) is 43.4 Å². The van der Waals surface area contributed by atoms with E-state index in [1.807, 2.05) is 18.2 Å². The van der Waals surface area contributed by atoms with E-state index in [0.717, 1.165) is 17.9 Å². The lowest BCUT2D eigenvalue weighted by atomic mass is 9.86. The van der Waals surface area contributed by atoms with Crippen LogP contribution in [0.2, 0.25) is 0 Å². The van der Waals surface area contributed by atoms with Crippen molar-refractivity contribution >= 4 is 0 Å². The predicted molar refractivity (Wildman–Crippen MR) is 66.5 cm³/mol. The molecule has 0 aromatic heterocycles. The highest BCUT2D eigenvalue weighted by molar-refractivity contribution is 5.43. The molecular weight excluding hydrogens is 216 g/mol. The molecule has 0 bridgehead atoms. The second-order valence-electron chi connectivity index (χ2n) is 4.69. The van der Waals surface area contributed by atoms with Crippen LogP contribution in [-0.4, -0.2) is 18.8 Å². The number of benzene rings is 1. The van der Waals surface area contributed by atoms with Gasteiger partial charge in [-0.2, -0.15) is 0 Å². The third-order valence-corrected chi connectivity index (χ3v) is 3.37. The molecule has 1 aliphatic rings. The second-order valence-corrected chi connectivity index (χ2v) is 4.69. The van der Waals surface area contributed by atoms with E-state index in [1.165, 1.54) is 19.3 Å². The maximum absolute atomic E-state index is 9.50. The minimum absolute atomic E-state index is 0.482. The first-order chi connectivity index (χ1) is 8.20. The van der Waals surface area contributed by atoms with Crippen molar-refractivity contribution in [3.63, 3.8) is 0 Å². The Balaban J connectivity index is 2.04. The van der Waals surface area contributed by atoms with Gasteiger partial charge in [-0.3, -0.25) is 0 Å². The molecule has 2 rings (SSSR count). The first kappa shape index (κ1) is 12.2. The zero-order valence-corrected chi connectivity index (χ0v) is 10.5. The number of methoxy groups -OCH3 is 1. The molecule has 94 valence electrons. The Morgan fingerprint density at radius 1 is 1.35 bits per heavy atom. The lowest BCUT2D eigenvalue weighted by Crippen LogP contribution is -2.19. The van der Waals surface area contributed by atoms with Crippen LogP contribution < -0.4 is 9.47 Å². The van der Waals surface area contributed by atoms with Gasteiger partial charge in [0.15, 0.2) is 11.5 Å². The minimum Gasteiger partial charge on any atom is -0.493 e. The Hall–Kier alpha value is -1.22. The molecule has 1 N–H and O–H groups in total. The summed E-state index contributed by atoms with van der Waals surface area (Å²) >= 11 is 0. The Morgan fingerprint density at radius 3 is 2.65 bits per heavy atom. The average Bonchev–Trinajstić information content (AvgIpc) is 2.27. The molecule has 0 aliphatic heterocycles. The molecule has 0 saturated heterocycles. The Kier molecular flexibility index (Phi) is 3.89. The van der Waals surface area contributed by atoms with Crippen LogP contribution >= 0.6 is 0 Å². The van der Waals surface area contributed by atoms with Gasteiger partial charge in [0.1, 0.15) is 0 Å². The van der Waals surface area contributed by atoms with E-state index in [-0.39, 0.29) is 0 Å². The molecule has 1 fully saturated rings. The molecule has 3 heteroatoms. The van der Waals surface area contributed by atoms with Gasteiger partial charge in [-0.15, -0.1) is 0 Å². The first-order valence-corrected chi connectivity index (χ1v) is 6.19. The summed E-state index contributed by atoms with van der Waals surface area (Å²) in [6, 6.07) is 5.59. The molecule has 0 radical (unpaired) electrons. The van der Waals surface area contributed by atoms with E-state index in [4.69, 9.17) is 9.47 Å². The average molecular weight is 236 g/mol. The van der Waals surface area contributed by atoms with Gasteiger partial charge in [-0.25, -0.2) is 0 Å². The van der Waals surface area contributed by atoms with Crippen molar-refractivity contribution < 1.29 is 14.6 Å². The van der Waals surface area contributed by atoms with Crippen molar-refractivity contribution in [3.05, 3.63) is 23.8 Å². The van der Waals surface area contributed by atoms with Crippen molar-refractivity contribution in [2.45, 2.75) is 32.3 Å². The number of hydrogen-bond acceptors (Lipinski definition) is 3.